The van der Waals surface area contributed by atoms with Crippen molar-refractivity contribution in [1.29, 1.82) is 0 Å². The van der Waals surface area contributed by atoms with Gasteiger partial charge in [0.15, 0.2) is 11.0 Å². The van der Waals surface area contributed by atoms with E-state index in [9.17, 15) is 9.90 Å². The Kier molecular flexibility index (Phi) is 5.45. The van der Waals surface area contributed by atoms with Crippen LogP contribution in [0, 0.1) is 4.77 Å². The second-order valence-electron chi connectivity index (χ2n) is 6.22. The number of aliphatic hydroxyl groups is 1. The number of nitrogens with one attached hydrogen (secondary N) is 1. The Morgan fingerprint density at radius 2 is 2.27 bits per heavy atom. The Balaban J connectivity index is 2.23. The largest absolute Gasteiger partial charge is 0.388 e. The number of methoxy groups -OCH3 is 1. The second kappa shape index (κ2) is 6.81. The topological polar surface area (TPSA) is 76.5 Å². The van der Waals surface area contributed by atoms with Crippen LogP contribution in [0.3, 0.4) is 0 Å². The van der Waals surface area contributed by atoms with E-state index in [1.807, 2.05) is 0 Å². The molecule has 0 unspecified atom stereocenters. The van der Waals surface area contributed by atoms with Gasteiger partial charge in [-0.1, -0.05) is 0 Å². The molecule has 1 fully saturated rings. The van der Waals surface area contributed by atoms with Crippen LogP contribution in [-0.4, -0.2) is 65.9 Å². The zero-order valence-corrected chi connectivity index (χ0v) is 14.8. The maximum absolute atomic E-state index is 11.3. The lowest BCUT2D eigenvalue weighted by molar-refractivity contribution is -0.0531. The van der Waals surface area contributed by atoms with Crippen LogP contribution < -0.4 is 5.56 Å². The Hall–Kier alpha value is -0.720. The van der Waals surface area contributed by atoms with Crippen LogP contribution >= 0.6 is 19.1 Å². The summed E-state index contributed by atoms with van der Waals surface area (Å²) in [7, 11) is 1.53. The molecule has 1 aromatic rings. The Morgan fingerprint density at radius 1 is 1.59 bits per heavy atom. The van der Waals surface area contributed by atoms with Crippen molar-refractivity contribution >= 4 is 25.4 Å². The van der Waals surface area contributed by atoms with Crippen LogP contribution in [0.2, 0.25) is 0 Å². The van der Waals surface area contributed by atoms with E-state index < -0.39 is 25.3 Å². The average Bonchev–Trinajstić information content (AvgIpc) is 2.72. The first-order valence-corrected chi connectivity index (χ1v) is 10.5. The van der Waals surface area contributed by atoms with Crippen molar-refractivity contribution in [2.24, 2.45) is 0 Å². The van der Waals surface area contributed by atoms with E-state index in [0.717, 1.165) is 12.6 Å². The summed E-state index contributed by atoms with van der Waals surface area (Å²) in [4.78, 5) is 13.8. The third-order valence-corrected chi connectivity index (χ3v) is 5.51. The smallest absolute Gasteiger partial charge is 0.251 e. The standard InChI is InChI=1S/C14H23N2O4PS/c1-19-12-11(18)9(6-8-21(2,3)4)20-13(12)16-7-5-10(17)15-14(16)22/h5,7,9,11-13,18H,2,6,8H2,1,3-4H3,(H,15,17,22)/t9-,11-,12-,13-/m1/s1. The number of ether oxygens (including phenoxy) is 2. The number of hydrogen-bond donors (Lipinski definition) is 2. The second-order valence-corrected chi connectivity index (χ2v) is 10.9. The number of aromatic amines is 1. The Morgan fingerprint density at radius 3 is 2.82 bits per heavy atom. The van der Waals surface area contributed by atoms with E-state index in [-0.39, 0.29) is 16.4 Å². The fourth-order valence-corrected chi connectivity index (χ4v) is 3.76. The summed E-state index contributed by atoms with van der Waals surface area (Å²) in [6.45, 7) is 3.11. The highest BCUT2D eigenvalue weighted by Gasteiger charge is 2.44. The van der Waals surface area contributed by atoms with Crippen LogP contribution in [0.1, 0.15) is 12.6 Å². The molecule has 0 radical (unpaired) electrons. The number of hydrogen-bond acceptors (Lipinski definition) is 5. The van der Waals surface area contributed by atoms with Crippen molar-refractivity contribution in [3.8, 4) is 0 Å². The summed E-state index contributed by atoms with van der Waals surface area (Å²) in [6.07, 6.45) is 5.23. The molecule has 8 heteroatoms. The molecule has 0 saturated carbocycles. The summed E-state index contributed by atoms with van der Waals surface area (Å²) in [6, 6.07) is 1.37. The van der Waals surface area contributed by atoms with Crippen molar-refractivity contribution in [3.05, 3.63) is 27.4 Å². The van der Waals surface area contributed by atoms with Crippen LogP contribution in [0.25, 0.3) is 0 Å². The first-order chi connectivity index (χ1) is 10.2. The molecule has 0 spiro atoms. The number of aromatic nitrogens is 2. The van der Waals surface area contributed by atoms with Crippen molar-refractivity contribution in [3.63, 3.8) is 0 Å². The van der Waals surface area contributed by atoms with Gasteiger partial charge in [-0.05, 0) is 38.1 Å². The average molecular weight is 346 g/mol. The summed E-state index contributed by atoms with van der Waals surface area (Å²) in [5, 5.41) is 10.4. The third-order valence-electron chi connectivity index (χ3n) is 3.73. The molecule has 6 nitrogen and oxygen atoms in total. The molecule has 124 valence electrons. The normalized spacial score (nSPS) is 28.9. The quantitative estimate of drug-likeness (QED) is 0.620. The van der Waals surface area contributed by atoms with E-state index >= 15 is 0 Å². The van der Waals surface area contributed by atoms with Gasteiger partial charge in [-0.15, -0.1) is 13.2 Å². The van der Waals surface area contributed by atoms with Gasteiger partial charge in [0.05, 0.1) is 6.10 Å². The molecule has 1 aliphatic rings. The minimum atomic E-state index is -1.19. The van der Waals surface area contributed by atoms with Crippen molar-refractivity contribution < 1.29 is 14.6 Å². The SMILES string of the molecule is C=P(C)(C)CC[C@H]1O[C@@H](n2ccc(=O)[nH]c2=S)[C@H](OC)[C@@H]1O. The first kappa shape index (κ1) is 17.6. The first-order valence-electron chi connectivity index (χ1n) is 7.08. The maximum Gasteiger partial charge on any atom is 0.251 e. The molecule has 0 amide bonds. The lowest BCUT2D eigenvalue weighted by Crippen LogP contribution is -2.34. The number of aliphatic hydroxyl groups excluding tert-OH is 1. The van der Waals surface area contributed by atoms with Gasteiger partial charge in [-0.25, -0.2) is 0 Å². The minimum absolute atomic E-state index is 0.248. The lowest BCUT2D eigenvalue weighted by atomic mass is 10.1. The van der Waals surface area contributed by atoms with Gasteiger partial charge in [0.1, 0.15) is 12.2 Å². The van der Waals surface area contributed by atoms with Crippen molar-refractivity contribution in [1.82, 2.24) is 9.55 Å². The monoisotopic (exact) mass is 346 g/mol. The summed E-state index contributed by atoms with van der Waals surface area (Å²) in [5.41, 5.74) is -0.270. The summed E-state index contributed by atoms with van der Waals surface area (Å²) in [5.74, 6) is 0. The number of H-pyrrole nitrogens is 1. The van der Waals surface area contributed by atoms with E-state index in [1.54, 1.807) is 10.8 Å². The Labute approximate surface area is 135 Å². The van der Waals surface area contributed by atoms with Gasteiger partial charge in [-0.2, -0.15) is 0 Å². The van der Waals surface area contributed by atoms with Gasteiger partial charge in [0, 0.05) is 19.4 Å². The third kappa shape index (κ3) is 3.97. The lowest BCUT2D eigenvalue weighted by Gasteiger charge is -2.20. The molecule has 2 rings (SSSR count). The molecular weight excluding hydrogens is 323 g/mol. The summed E-state index contributed by atoms with van der Waals surface area (Å²) >= 11 is 5.16. The van der Waals surface area contributed by atoms with Gasteiger partial charge < -0.3 is 14.6 Å². The van der Waals surface area contributed by atoms with E-state index in [4.69, 9.17) is 21.7 Å². The predicted octanol–water partition coefficient (Wildman–Crippen LogP) is 1.28. The van der Waals surface area contributed by atoms with Crippen LogP contribution in [0.4, 0.5) is 0 Å². The number of nitrogens with zero attached hydrogens (tertiary/aromatic N) is 1. The van der Waals surface area contributed by atoms with Crippen LogP contribution in [0.15, 0.2) is 17.1 Å². The van der Waals surface area contributed by atoms with E-state index in [1.165, 1.54) is 13.2 Å². The molecule has 1 aromatic heterocycles. The van der Waals surface area contributed by atoms with E-state index in [0.29, 0.717) is 0 Å². The summed E-state index contributed by atoms with van der Waals surface area (Å²) < 4.78 is 13.2. The fourth-order valence-electron chi connectivity index (χ4n) is 2.54. The zero-order chi connectivity index (χ0) is 16.5. The Bertz CT molecular complexity index is 680. The molecule has 0 aliphatic carbocycles. The van der Waals surface area contributed by atoms with Gasteiger partial charge in [0.2, 0.25) is 0 Å². The van der Waals surface area contributed by atoms with Gasteiger partial charge in [0.25, 0.3) is 5.56 Å². The molecule has 1 saturated heterocycles. The van der Waals surface area contributed by atoms with E-state index in [2.05, 4.69) is 24.6 Å². The minimum Gasteiger partial charge on any atom is -0.388 e. The molecular formula is C14H23N2O4PS. The van der Waals surface area contributed by atoms with Gasteiger partial charge in [-0.3, -0.25) is 14.3 Å². The highest BCUT2D eigenvalue weighted by Crippen LogP contribution is 2.39. The molecule has 2 heterocycles. The molecule has 0 aromatic carbocycles. The molecule has 0 bridgehead atoms. The maximum atomic E-state index is 11.3. The van der Waals surface area contributed by atoms with Crippen molar-refractivity contribution in [2.75, 3.05) is 26.6 Å². The van der Waals surface area contributed by atoms with Crippen LogP contribution in [-0.2, 0) is 9.47 Å². The predicted molar refractivity (Wildman–Crippen MR) is 92.0 cm³/mol. The van der Waals surface area contributed by atoms with Crippen LogP contribution in [0.5, 0.6) is 0 Å². The molecule has 4 atom stereocenters. The molecule has 22 heavy (non-hydrogen) atoms. The van der Waals surface area contributed by atoms with Gasteiger partial charge >= 0.3 is 0 Å². The molecule has 2 N–H and O–H groups in total. The molecule has 1 aliphatic heterocycles. The highest BCUT2D eigenvalue weighted by molar-refractivity contribution is 7.72. The van der Waals surface area contributed by atoms with Crippen molar-refractivity contribution in [2.45, 2.75) is 31.0 Å². The zero-order valence-electron chi connectivity index (χ0n) is 13.1. The highest BCUT2D eigenvalue weighted by atomic mass is 32.1. The number of rotatable bonds is 5. The fraction of sp³-hybridized carbons (Fsp3) is 0.643.